The Hall–Kier alpha value is -1.43. The summed E-state index contributed by atoms with van der Waals surface area (Å²) in [6, 6.07) is 3.08. The van der Waals surface area contributed by atoms with Gasteiger partial charge in [-0.3, -0.25) is 4.79 Å². The van der Waals surface area contributed by atoms with Gasteiger partial charge in [-0.2, -0.15) is 0 Å². The molecule has 1 amide bonds. The SMILES string of the molecule is O=C1CS(=O)(=O)c2ncccc2N1. The van der Waals surface area contributed by atoms with E-state index in [0.717, 1.165) is 0 Å². The number of carbonyl (C=O) groups excluding carboxylic acids is 1. The van der Waals surface area contributed by atoms with Gasteiger partial charge < -0.3 is 5.32 Å². The van der Waals surface area contributed by atoms with E-state index in [-0.39, 0.29) is 10.7 Å². The third kappa shape index (κ3) is 1.29. The molecule has 68 valence electrons. The van der Waals surface area contributed by atoms with E-state index in [4.69, 9.17) is 0 Å². The monoisotopic (exact) mass is 198 g/mol. The summed E-state index contributed by atoms with van der Waals surface area (Å²) >= 11 is 0. The number of hydrogen-bond acceptors (Lipinski definition) is 4. The third-order valence-corrected chi connectivity index (χ3v) is 3.22. The van der Waals surface area contributed by atoms with Crippen LogP contribution in [0.25, 0.3) is 0 Å². The molecule has 1 aliphatic heterocycles. The fourth-order valence-electron chi connectivity index (χ4n) is 1.16. The number of nitrogens with zero attached hydrogens (tertiary/aromatic N) is 1. The lowest BCUT2D eigenvalue weighted by Crippen LogP contribution is -2.29. The number of nitrogens with one attached hydrogen (secondary N) is 1. The van der Waals surface area contributed by atoms with Gasteiger partial charge in [0.15, 0.2) is 5.03 Å². The summed E-state index contributed by atoms with van der Waals surface area (Å²) in [6.45, 7) is 0. The van der Waals surface area contributed by atoms with Crippen LogP contribution in [0.4, 0.5) is 5.69 Å². The van der Waals surface area contributed by atoms with Crippen molar-refractivity contribution in [1.29, 1.82) is 0 Å². The molecule has 1 aromatic rings. The molecular formula is C7H6N2O3S. The van der Waals surface area contributed by atoms with Crippen molar-refractivity contribution in [3.8, 4) is 0 Å². The molecule has 2 rings (SSSR count). The molecule has 13 heavy (non-hydrogen) atoms. The van der Waals surface area contributed by atoms with Crippen LogP contribution in [0.1, 0.15) is 0 Å². The number of anilines is 1. The fraction of sp³-hybridized carbons (Fsp3) is 0.143. The molecule has 0 aliphatic carbocycles. The van der Waals surface area contributed by atoms with Gasteiger partial charge in [0, 0.05) is 6.20 Å². The third-order valence-electron chi connectivity index (χ3n) is 1.66. The lowest BCUT2D eigenvalue weighted by atomic mass is 10.4. The van der Waals surface area contributed by atoms with Crippen LogP contribution in [0, 0.1) is 0 Å². The topological polar surface area (TPSA) is 76.1 Å². The van der Waals surface area contributed by atoms with Crippen molar-refractivity contribution in [3.05, 3.63) is 18.3 Å². The highest BCUT2D eigenvalue weighted by Crippen LogP contribution is 2.22. The number of carbonyl (C=O) groups is 1. The summed E-state index contributed by atoms with van der Waals surface area (Å²) in [5, 5.41) is 2.39. The summed E-state index contributed by atoms with van der Waals surface area (Å²) in [7, 11) is -3.51. The van der Waals surface area contributed by atoms with Crippen LogP contribution in [-0.2, 0) is 14.6 Å². The first-order valence-electron chi connectivity index (χ1n) is 3.57. The van der Waals surface area contributed by atoms with Crippen molar-refractivity contribution in [1.82, 2.24) is 4.98 Å². The maximum Gasteiger partial charge on any atom is 0.240 e. The van der Waals surface area contributed by atoms with Gasteiger partial charge in [0.2, 0.25) is 15.7 Å². The average molecular weight is 198 g/mol. The normalized spacial score (nSPS) is 18.9. The molecule has 0 aromatic carbocycles. The predicted octanol–water partition coefficient (Wildman–Crippen LogP) is -0.193. The van der Waals surface area contributed by atoms with Crippen molar-refractivity contribution in [2.45, 2.75) is 5.03 Å². The molecule has 0 fully saturated rings. The average Bonchev–Trinajstić information content (AvgIpc) is 2.02. The summed E-state index contributed by atoms with van der Waals surface area (Å²) in [5.74, 6) is -1.03. The van der Waals surface area contributed by atoms with E-state index < -0.39 is 21.5 Å². The largest absolute Gasteiger partial charge is 0.323 e. The van der Waals surface area contributed by atoms with Gasteiger partial charge in [-0.1, -0.05) is 0 Å². The van der Waals surface area contributed by atoms with Crippen LogP contribution in [0.15, 0.2) is 23.4 Å². The molecule has 0 atom stereocenters. The predicted molar refractivity (Wildman–Crippen MR) is 44.9 cm³/mol. The van der Waals surface area contributed by atoms with E-state index in [2.05, 4.69) is 10.3 Å². The zero-order valence-corrected chi connectivity index (χ0v) is 7.34. The number of fused-ring (bicyclic) bond motifs is 1. The van der Waals surface area contributed by atoms with Crippen molar-refractivity contribution in [2.75, 3.05) is 11.1 Å². The van der Waals surface area contributed by atoms with Gasteiger partial charge in [0.05, 0.1) is 5.69 Å². The molecule has 0 unspecified atom stereocenters. The molecule has 5 nitrogen and oxygen atoms in total. The molecule has 0 bridgehead atoms. The highest BCUT2D eigenvalue weighted by atomic mass is 32.2. The molecule has 0 saturated heterocycles. The van der Waals surface area contributed by atoms with Gasteiger partial charge in [0.1, 0.15) is 5.75 Å². The van der Waals surface area contributed by atoms with Crippen molar-refractivity contribution < 1.29 is 13.2 Å². The molecule has 1 N–H and O–H groups in total. The van der Waals surface area contributed by atoms with E-state index >= 15 is 0 Å². The van der Waals surface area contributed by atoms with Crippen LogP contribution in [-0.4, -0.2) is 25.1 Å². The van der Waals surface area contributed by atoms with Gasteiger partial charge >= 0.3 is 0 Å². The minimum atomic E-state index is -3.51. The van der Waals surface area contributed by atoms with Crippen LogP contribution in [0.3, 0.4) is 0 Å². The van der Waals surface area contributed by atoms with Crippen LogP contribution < -0.4 is 5.32 Å². The maximum absolute atomic E-state index is 11.4. The highest BCUT2D eigenvalue weighted by Gasteiger charge is 2.29. The van der Waals surface area contributed by atoms with Crippen molar-refractivity contribution >= 4 is 21.4 Å². The quantitative estimate of drug-likeness (QED) is 0.626. The van der Waals surface area contributed by atoms with Gasteiger partial charge in [-0.05, 0) is 12.1 Å². The second-order valence-corrected chi connectivity index (χ2v) is 4.57. The van der Waals surface area contributed by atoms with Gasteiger partial charge in [-0.25, -0.2) is 13.4 Å². The van der Waals surface area contributed by atoms with Gasteiger partial charge in [0.25, 0.3) is 0 Å². The minimum Gasteiger partial charge on any atom is -0.323 e. The van der Waals surface area contributed by atoms with E-state index in [9.17, 15) is 13.2 Å². The summed E-state index contributed by atoms with van der Waals surface area (Å²) in [5.41, 5.74) is 0.263. The maximum atomic E-state index is 11.4. The fourth-order valence-corrected chi connectivity index (χ4v) is 2.39. The molecule has 1 aliphatic rings. The Morgan fingerprint density at radius 2 is 2.23 bits per heavy atom. The summed E-state index contributed by atoms with van der Waals surface area (Å²) in [6.07, 6.45) is 1.38. The lowest BCUT2D eigenvalue weighted by molar-refractivity contribution is -0.114. The highest BCUT2D eigenvalue weighted by molar-refractivity contribution is 7.92. The summed E-state index contributed by atoms with van der Waals surface area (Å²) in [4.78, 5) is 14.6. The number of pyridine rings is 1. The Morgan fingerprint density at radius 1 is 1.46 bits per heavy atom. The molecule has 0 saturated carbocycles. The Balaban J connectivity index is 2.70. The zero-order valence-electron chi connectivity index (χ0n) is 6.52. The Kier molecular flexibility index (Phi) is 1.59. The standard InChI is InChI=1S/C7H6N2O3S/c10-6-4-13(11,12)7-5(9-6)2-1-3-8-7/h1-3H,4H2,(H,9,10). The Labute approximate surface area is 74.7 Å². The Bertz CT molecular complexity index is 466. The molecule has 6 heteroatoms. The molecule has 2 heterocycles. The van der Waals surface area contributed by atoms with Crippen LogP contribution in [0.5, 0.6) is 0 Å². The van der Waals surface area contributed by atoms with Crippen molar-refractivity contribution in [2.24, 2.45) is 0 Å². The number of amides is 1. The molecule has 1 aromatic heterocycles. The number of sulfone groups is 1. The number of hydrogen-bond donors (Lipinski definition) is 1. The number of rotatable bonds is 0. The first-order chi connectivity index (χ1) is 6.09. The van der Waals surface area contributed by atoms with E-state index in [1.54, 1.807) is 6.07 Å². The smallest absolute Gasteiger partial charge is 0.240 e. The first-order valence-corrected chi connectivity index (χ1v) is 5.22. The zero-order chi connectivity index (χ0) is 9.47. The van der Waals surface area contributed by atoms with Crippen LogP contribution in [0.2, 0.25) is 0 Å². The minimum absolute atomic E-state index is 0.0467. The van der Waals surface area contributed by atoms with E-state index in [1.165, 1.54) is 12.3 Å². The molecule has 0 spiro atoms. The Morgan fingerprint density at radius 3 is 3.00 bits per heavy atom. The van der Waals surface area contributed by atoms with E-state index in [1.807, 2.05) is 0 Å². The van der Waals surface area contributed by atoms with Gasteiger partial charge in [-0.15, -0.1) is 0 Å². The lowest BCUT2D eigenvalue weighted by Gasteiger charge is -2.14. The first kappa shape index (κ1) is 8.18. The number of aromatic nitrogens is 1. The van der Waals surface area contributed by atoms with E-state index in [0.29, 0.717) is 0 Å². The van der Waals surface area contributed by atoms with Crippen molar-refractivity contribution in [3.63, 3.8) is 0 Å². The molecular weight excluding hydrogens is 192 g/mol. The second kappa shape index (κ2) is 2.53. The molecule has 0 radical (unpaired) electrons. The van der Waals surface area contributed by atoms with Crippen LogP contribution >= 0.6 is 0 Å². The second-order valence-electron chi connectivity index (χ2n) is 2.66. The summed E-state index contributed by atoms with van der Waals surface area (Å²) < 4.78 is 22.7.